The quantitative estimate of drug-likeness (QED) is 0.368. The number of anilines is 1. The molecule has 5 rings (SSSR count). The number of hydrogen-bond donors (Lipinski definition) is 2. The van der Waals surface area contributed by atoms with Gasteiger partial charge in [0.25, 0.3) is 0 Å². The van der Waals surface area contributed by atoms with Gasteiger partial charge in [-0.3, -0.25) is 0 Å². The second-order valence-corrected chi connectivity index (χ2v) is 9.45. The van der Waals surface area contributed by atoms with Crippen molar-refractivity contribution in [2.75, 3.05) is 4.90 Å². The Bertz CT molecular complexity index is 1410. The number of rotatable bonds is 6. The van der Waals surface area contributed by atoms with Crippen LogP contribution in [0.3, 0.4) is 0 Å². The summed E-state index contributed by atoms with van der Waals surface area (Å²) >= 11 is 0. The van der Waals surface area contributed by atoms with Crippen LogP contribution in [0.2, 0.25) is 0 Å². The summed E-state index contributed by atoms with van der Waals surface area (Å²) in [4.78, 5) is 2.30. The van der Waals surface area contributed by atoms with E-state index in [0.717, 1.165) is 37.1 Å². The Labute approximate surface area is 225 Å². The smallest absolute Gasteiger partial charge is 0.423 e. The van der Waals surface area contributed by atoms with Crippen molar-refractivity contribution in [1.82, 2.24) is 0 Å². The predicted molar refractivity (Wildman–Crippen MR) is 160 cm³/mol. The largest absolute Gasteiger partial charge is 0.488 e. The maximum Gasteiger partial charge on any atom is 0.488 e. The van der Waals surface area contributed by atoms with Crippen molar-refractivity contribution in [1.29, 1.82) is 0 Å². The van der Waals surface area contributed by atoms with Gasteiger partial charge in [0, 0.05) is 17.1 Å². The molecule has 0 saturated carbocycles. The van der Waals surface area contributed by atoms with Gasteiger partial charge in [0.1, 0.15) is 0 Å². The predicted octanol–water partition coefficient (Wildman–Crippen LogP) is 6.81. The molecule has 0 heterocycles. The molecule has 3 aromatic rings. The Kier molecular flexibility index (Phi) is 8.34. The monoisotopic (exact) mass is 497 g/mol. The second-order valence-electron chi connectivity index (χ2n) is 9.45. The van der Waals surface area contributed by atoms with E-state index in [4.69, 9.17) is 0 Å². The molecule has 0 fully saturated rings. The molecule has 4 heteroatoms. The molecule has 2 N–H and O–H groups in total. The summed E-state index contributed by atoms with van der Waals surface area (Å²) in [5.74, 6) is 0. The van der Waals surface area contributed by atoms with Crippen LogP contribution in [-0.2, 0) is 0 Å². The van der Waals surface area contributed by atoms with Crippen LogP contribution in [0.1, 0.15) is 36.8 Å². The molecule has 3 nitrogen and oxygen atoms in total. The van der Waals surface area contributed by atoms with Gasteiger partial charge in [-0.25, -0.2) is 0 Å². The molecule has 0 bridgehead atoms. The highest BCUT2D eigenvalue weighted by Crippen LogP contribution is 2.31. The van der Waals surface area contributed by atoms with Gasteiger partial charge in [-0.1, -0.05) is 109 Å². The number of hydrogen-bond acceptors (Lipinski definition) is 3. The molecule has 2 aliphatic rings. The van der Waals surface area contributed by atoms with Crippen molar-refractivity contribution in [3.63, 3.8) is 0 Å². The highest BCUT2D eigenvalue weighted by molar-refractivity contribution is 6.58. The Morgan fingerprint density at radius 1 is 0.605 bits per heavy atom. The summed E-state index contributed by atoms with van der Waals surface area (Å²) in [5.41, 5.74) is 8.55. The lowest BCUT2D eigenvalue weighted by atomic mass is 9.80. The molecular formula is C34H32BNO2. The van der Waals surface area contributed by atoms with Crippen LogP contribution in [0.4, 0.5) is 5.69 Å². The number of allylic oxidation sites excluding steroid dienone is 11. The van der Waals surface area contributed by atoms with Gasteiger partial charge >= 0.3 is 7.12 Å². The first-order valence-electron chi connectivity index (χ1n) is 13.2. The summed E-state index contributed by atoms with van der Waals surface area (Å²) < 4.78 is 0. The minimum absolute atomic E-state index is 0.478. The standard InChI is InChI=1S/C34H32BNO2/c37-35(38)31-21-25-34(26-22-31)36(32-17-9-7-15-29(19-23-32)27-11-3-1-4-12-27)33-18-10-8-16-30(20-24-33)28-13-5-2-6-14-28/h1-7,11-16,18-26,37-38H,8-10,17H2/b15-7-,24-20?,29-19+,30-16+,32-23+,33-18?. The van der Waals surface area contributed by atoms with Crippen LogP contribution in [0.15, 0.2) is 145 Å². The van der Waals surface area contributed by atoms with E-state index in [1.165, 1.54) is 28.0 Å². The topological polar surface area (TPSA) is 43.7 Å². The van der Waals surface area contributed by atoms with Gasteiger partial charge in [0.2, 0.25) is 0 Å². The fraction of sp³-hybridized carbons (Fsp3) is 0.118. The van der Waals surface area contributed by atoms with E-state index < -0.39 is 7.12 Å². The molecule has 3 aromatic carbocycles. The summed E-state index contributed by atoms with van der Waals surface area (Å²) in [6.45, 7) is 0. The SMILES string of the molecule is OB(O)c1ccc(N(C2=CCC/C=C(/c3ccccc3)C=C2)/C2=C/C=C(c3ccccc3)\C=C/CC2)cc1. The van der Waals surface area contributed by atoms with Crippen molar-refractivity contribution in [2.45, 2.75) is 25.7 Å². The molecule has 0 aliphatic heterocycles. The van der Waals surface area contributed by atoms with Crippen LogP contribution < -0.4 is 10.4 Å². The van der Waals surface area contributed by atoms with E-state index in [1.54, 1.807) is 12.1 Å². The van der Waals surface area contributed by atoms with Crippen molar-refractivity contribution in [3.05, 3.63) is 156 Å². The molecule has 0 radical (unpaired) electrons. The molecule has 2 aliphatic carbocycles. The lowest BCUT2D eigenvalue weighted by molar-refractivity contribution is 0.426. The summed E-state index contributed by atoms with van der Waals surface area (Å²) in [5, 5.41) is 19.3. The first-order chi connectivity index (χ1) is 18.7. The molecule has 0 saturated heterocycles. The maximum atomic E-state index is 9.65. The molecule has 38 heavy (non-hydrogen) atoms. The Balaban J connectivity index is 1.56. The molecular weight excluding hydrogens is 465 g/mol. The van der Waals surface area contributed by atoms with E-state index in [2.05, 4.69) is 102 Å². The second kappa shape index (κ2) is 12.4. The van der Waals surface area contributed by atoms with Gasteiger partial charge in [0.05, 0.1) is 0 Å². The van der Waals surface area contributed by atoms with Crippen LogP contribution in [0.25, 0.3) is 11.1 Å². The van der Waals surface area contributed by atoms with Crippen LogP contribution >= 0.6 is 0 Å². The van der Waals surface area contributed by atoms with E-state index in [0.29, 0.717) is 5.46 Å². The Morgan fingerprint density at radius 3 is 1.95 bits per heavy atom. The molecule has 0 aromatic heterocycles. The normalized spacial score (nSPS) is 20.6. The summed E-state index contributed by atoms with van der Waals surface area (Å²) in [6.07, 6.45) is 21.6. The van der Waals surface area contributed by atoms with Crippen LogP contribution in [0, 0.1) is 0 Å². The zero-order valence-corrected chi connectivity index (χ0v) is 21.4. The van der Waals surface area contributed by atoms with Crippen molar-refractivity contribution in [2.24, 2.45) is 0 Å². The van der Waals surface area contributed by atoms with E-state index in [1.807, 2.05) is 24.3 Å². The van der Waals surface area contributed by atoms with Gasteiger partial charge in [-0.2, -0.15) is 0 Å². The fourth-order valence-corrected chi connectivity index (χ4v) is 4.84. The van der Waals surface area contributed by atoms with E-state index in [-0.39, 0.29) is 0 Å². The Hall–Kier alpha value is -4.12. The third-order valence-electron chi connectivity index (χ3n) is 6.85. The maximum absolute atomic E-state index is 9.65. The van der Waals surface area contributed by atoms with E-state index >= 15 is 0 Å². The summed E-state index contributed by atoms with van der Waals surface area (Å²) in [7, 11) is -1.49. The van der Waals surface area contributed by atoms with Gasteiger partial charge in [-0.15, -0.1) is 0 Å². The molecule has 188 valence electrons. The zero-order valence-electron chi connectivity index (χ0n) is 21.4. The van der Waals surface area contributed by atoms with Crippen LogP contribution in [0.5, 0.6) is 0 Å². The lowest BCUT2D eigenvalue weighted by Crippen LogP contribution is -2.30. The highest BCUT2D eigenvalue weighted by atomic mass is 16.4. The molecule has 0 amide bonds. The van der Waals surface area contributed by atoms with Crippen LogP contribution in [-0.4, -0.2) is 17.2 Å². The van der Waals surface area contributed by atoms with Crippen molar-refractivity contribution < 1.29 is 10.0 Å². The molecule has 0 unspecified atom stereocenters. The van der Waals surface area contributed by atoms with Gasteiger partial charge in [0.15, 0.2) is 0 Å². The van der Waals surface area contributed by atoms with E-state index in [9.17, 15) is 10.0 Å². The number of benzene rings is 3. The summed E-state index contributed by atoms with van der Waals surface area (Å²) in [6, 6.07) is 28.4. The average molecular weight is 497 g/mol. The van der Waals surface area contributed by atoms with Gasteiger partial charge < -0.3 is 14.9 Å². The van der Waals surface area contributed by atoms with Gasteiger partial charge in [-0.05, 0) is 77.7 Å². The number of nitrogens with zero attached hydrogens (tertiary/aromatic N) is 1. The Morgan fingerprint density at radius 2 is 1.26 bits per heavy atom. The third-order valence-corrected chi connectivity index (χ3v) is 6.85. The first kappa shape index (κ1) is 25.5. The molecule has 0 spiro atoms. The highest BCUT2D eigenvalue weighted by Gasteiger charge is 2.18. The van der Waals surface area contributed by atoms with Crippen molar-refractivity contribution >= 4 is 29.4 Å². The third kappa shape index (κ3) is 6.23. The first-order valence-corrected chi connectivity index (χ1v) is 13.2. The minimum atomic E-state index is -1.49. The lowest BCUT2D eigenvalue weighted by Gasteiger charge is -2.30. The van der Waals surface area contributed by atoms with Crippen molar-refractivity contribution in [3.8, 4) is 0 Å². The molecule has 0 atom stereocenters. The minimum Gasteiger partial charge on any atom is -0.423 e. The average Bonchev–Trinajstić information content (AvgIpc) is 2.92. The fourth-order valence-electron chi connectivity index (χ4n) is 4.84. The zero-order chi connectivity index (χ0) is 26.2.